The Bertz CT molecular complexity index is 837. The maximum absolute atomic E-state index is 12.2. The van der Waals surface area contributed by atoms with Crippen molar-refractivity contribution in [3.05, 3.63) is 59.3 Å². The summed E-state index contributed by atoms with van der Waals surface area (Å²) in [5, 5.41) is 9.71. The van der Waals surface area contributed by atoms with Gasteiger partial charge in [0.05, 0.1) is 11.7 Å². The van der Waals surface area contributed by atoms with Crippen molar-refractivity contribution in [3.8, 4) is 5.95 Å². The van der Waals surface area contributed by atoms with Crippen molar-refractivity contribution in [1.82, 2.24) is 30.0 Å². The lowest BCUT2D eigenvalue weighted by Gasteiger charge is -2.15. The molecule has 0 radical (unpaired) electrons. The summed E-state index contributed by atoms with van der Waals surface area (Å²) in [5.41, 5.74) is 0.676. The highest BCUT2D eigenvalue weighted by atomic mass is 79.9. The fraction of sp³-hybridized carbons (Fsp3) is 0.133. The van der Waals surface area contributed by atoms with Crippen molar-refractivity contribution in [2.45, 2.75) is 13.0 Å². The molecule has 122 valence electrons. The summed E-state index contributed by atoms with van der Waals surface area (Å²) in [5.74, 6) is 0.924. The number of urea groups is 1. The molecule has 3 aromatic rings. The quantitative estimate of drug-likeness (QED) is 0.716. The number of hydrogen-bond donors (Lipinski definition) is 2. The number of aromatic nitrogens is 5. The number of nitrogens with one attached hydrogen (secondary N) is 2. The highest BCUT2D eigenvalue weighted by Crippen LogP contribution is 2.21. The first-order valence-electron chi connectivity index (χ1n) is 7.14. The molecule has 2 amide bonds. The van der Waals surface area contributed by atoms with E-state index < -0.39 is 6.04 Å². The van der Waals surface area contributed by atoms with E-state index in [1.165, 1.54) is 11.0 Å². The van der Waals surface area contributed by atoms with E-state index in [0.29, 0.717) is 17.5 Å². The Kier molecular flexibility index (Phi) is 4.80. The highest BCUT2D eigenvalue weighted by molar-refractivity contribution is 9.10. The molecule has 1 atom stereocenters. The summed E-state index contributed by atoms with van der Waals surface area (Å²) in [6, 6.07) is 8.34. The molecule has 8 nitrogen and oxygen atoms in total. The van der Waals surface area contributed by atoms with Crippen LogP contribution in [0.1, 0.15) is 18.8 Å². The van der Waals surface area contributed by atoms with Gasteiger partial charge in [-0.15, -0.1) is 0 Å². The number of amides is 2. The molecule has 0 aliphatic carbocycles. The van der Waals surface area contributed by atoms with Crippen LogP contribution in [0.4, 0.5) is 10.5 Å². The van der Waals surface area contributed by atoms with Gasteiger partial charge in [-0.3, -0.25) is 0 Å². The van der Waals surface area contributed by atoms with Gasteiger partial charge in [-0.1, -0.05) is 12.1 Å². The number of anilines is 1. The van der Waals surface area contributed by atoms with Gasteiger partial charge in [-0.2, -0.15) is 9.78 Å². The molecular weight excluding hydrogens is 374 g/mol. The van der Waals surface area contributed by atoms with E-state index in [1.54, 1.807) is 24.5 Å². The van der Waals surface area contributed by atoms with E-state index in [9.17, 15) is 4.79 Å². The lowest BCUT2D eigenvalue weighted by Crippen LogP contribution is -2.32. The SMILES string of the molecule is C[C@H](NC(=O)Nc1ccccc1Br)c1ncnn1-c1ncccn1. The van der Waals surface area contributed by atoms with Crippen molar-refractivity contribution in [3.63, 3.8) is 0 Å². The maximum atomic E-state index is 12.2. The minimum atomic E-state index is -0.390. The van der Waals surface area contributed by atoms with Crippen LogP contribution in [0.25, 0.3) is 5.95 Å². The molecule has 0 bridgehead atoms. The van der Waals surface area contributed by atoms with E-state index in [1.807, 2.05) is 25.1 Å². The van der Waals surface area contributed by atoms with Gasteiger partial charge in [0.1, 0.15) is 6.33 Å². The lowest BCUT2D eigenvalue weighted by atomic mass is 10.3. The Morgan fingerprint density at radius 3 is 2.67 bits per heavy atom. The Balaban J connectivity index is 1.72. The van der Waals surface area contributed by atoms with Crippen molar-refractivity contribution >= 4 is 27.6 Å². The molecule has 2 aromatic heterocycles. The van der Waals surface area contributed by atoms with E-state index in [2.05, 4.69) is 46.6 Å². The van der Waals surface area contributed by atoms with E-state index in [-0.39, 0.29) is 6.03 Å². The van der Waals surface area contributed by atoms with Gasteiger partial charge in [-0.25, -0.2) is 19.7 Å². The predicted molar refractivity (Wildman–Crippen MR) is 91.7 cm³/mol. The number of halogens is 1. The average molecular weight is 388 g/mol. The zero-order valence-electron chi connectivity index (χ0n) is 12.7. The van der Waals surface area contributed by atoms with Crippen molar-refractivity contribution in [2.75, 3.05) is 5.32 Å². The Labute approximate surface area is 146 Å². The first-order valence-corrected chi connectivity index (χ1v) is 7.94. The highest BCUT2D eigenvalue weighted by Gasteiger charge is 2.18. The van der Waals surface area contributed by atoms with Gasteiger partial charge in [-0.05, 0) is 41.1 Å². The second-order valence-electron chi connectivity index (χ2n) is 4.88. The van der Waals surface area contributed by atoms with Crippen LogP contribution >= 0.6 is 15.9 Å². The second kappa shape index (κ2) is 7.18. The third kappa shape index (κ3) is 3.57. The zero-order chi connectivity index (χ0) is 16.9. The standard InChI is InChI=1S/C15H14BrN7O/c1-10(21-15(24)22-12-6-3-2-5-11(12)16)13-19-9-20-23(13)14-17-7-4-8-18-14/h2-10H,1H3,(H2,21,22,24)/t10-/m0/s1. The first-order chi connectivity index (χ1) is 11.6. The molecular formula is C15H14BrN7O. The van der Waals surface area contributed by atoms with E-state index >= 15 is 0 Å². The topological polar surface area (TPSA) is 97.6 Å². The summed E-state index contributed by atoms with van der Waals surface area (Å²) in [7, 11) is 0. The molecule has 24 heavy (non-hydrogen) atoms. The number of benzene rings is 1. The van der Waals surface area contributed by atoms with Gasteiger partial charge >= 0.3 is 6.03 Å². The predicted octanol–water partition coefficient (Wildman–Crippen LogP) is 2.70. The van der Waals surface area contributed by atoms with Crippen LogP contribution in [0.3, 0.4) is 0 Å². The van der Waals surface area contributed by atoms with Crippen LogP contribution in [0, 0.1) is 0 Å². The number of carbonyl (C=O) groups excluding carboxylic acids is 1. The lowest BCUT2D eigenvalue weighted by molar-refractivity contribution is 0.248. The fourth-order valence-electron chi connectivity index (χ4n) is 2.08. The van der Waals surface area contributed by atoms with Crippen LogP contribution in [0.5, 0.6) is 0 Å². The molecule has 0 aliphatic rings. The molecule has 0 fully saturated rings. The molecule has 0 unspecified atom stereocenters. The molecule has 3 rings (SSSR count). The van der Waals surface area contributed by atoms with Crippen LogP contribution in [0.2, 0.25) is 0 Å². The van der Waals surface area contributed by atoms with Gasteiger partial charge in [0.15, 0.2) is 5.82 Å². The van der Waals surface area contributed by atoms with Crippen LogP contribution in [0.15, 0.2) is 53.5 Å². The average Bonchev–Trinajstić information content (AvgIpc) is 3.07. The molecule has 9 heteroatoms. The van der Waals surface area contributed by atoms with Crippen LogP contribution in [-0.2, 0) is 0 Å². The summed E-state index contributed by atoms with van der Waals surface area (Å²) < 4.78 is 2.29. The van der Waals surface area contributed by atoms with E-state index in [0.717, 1.165) is 4.47 Å². The largest absolute Gasteiger partial charge is 0.328 e. The molecule has 2 heterocycles. The zero-order valence-corrected chi connectivity index (χ0v) is 14.3. The Morgan fingerprint density at radius 2 is 1.92 bits per heavy atom. The third-order valence-corrected chi connectivity index (χ3v) is 3.86. The monoisotopic (exact) mass is 387 g/mol. The Morgan fingerprint density at radius 1 is 1.17 bits per heavy atom. The summed E-state index contributed by atoms with van der Waals surface area (Å²) in [6.07, 6.45) is 4.63. The summed E-state index contributed by atoms with van der Waals surface area (Å²) in [6.45, 7) is 1.81. The molecule has 0 saturated heterocycles. The van der Waals surface area contributed by atoms with Crippen molar-refractivity contribution < 1.29 is 4.79 Å². The fourth-order valence-corrected chi connectivity index (χ4v) is 2.47. The van der Waals surface area contributed by atoms with Gasteiger partial charge in [0.2, 0.25) is 0 Å². The molecule has 2 N–H and O–H groups in total. The normalized spacial score (nSPS) is 11.8. The summed E-state index contributed by atoms with van der Waals surface area (Å²) in [4.78, 5) is 24.7. The molecule has 0 aliphatic heterocycles. The Hall–Kier alpha value is -2.81. The molecule has 0 spiro atoms. The first kappa shape index (κ1) is 16.1. The van der Waals surface area contributed by atoms with Crippen molar-refractivity contribution in [2.24, 2.45) is 0 Å². The van der Waals surface area contributed by atoms with Gasteiger partial charge in [0.25, 0.3) is 5.95 Å². The smallest absolute Gasteiger partial charge is 0.319 e. The van der Waals surface area contributed by atoms with E-state index in [4.69, 9.17) is 0 Å². The molecule has 0 saturated carbocycles. The number of rotatable bonds is 4. The number of carbonyl (C=O) groups is 1. The van der Waals surface area contributed by atoms with Crippen LogP contribution in [-0.4, -0.2) is 30.8 Å². The second-order valence-corrected chi connectivity index (χ2v) is 5.73. The number of para-hydroxylation sites is 1. The minimum Gasteiger partial charge on any atom is -0.328 e. The molecule has 1 aromatic carbocycles. The maximum Gasteiger partial charge on any atom is 0.319 e. The van der Waals surface area contributed by atoms with Gasteiger partial charge in [0, 0.05) is 16.9 Å². The third-order valence-electron chi connectivity index (χ3n) is 3.17. The van der Waals surface area contributed by atoms with Crippen LogP contribution < -0.4 is 10.6 Å². The minimum absolute atomic E-state index is 0.349. The van der Waals surface area contributed by atoms with Crippen molar-refractivity contribution in [1.29, 1.82) is 0 Å². The number of nitrogens with zero attached hydrogens (tertiary/aromatic N) is 5. The van der Waals surface area contributed by atoms with Gasteiger partial charge < -0.3 is 10.6 Å². The number of hydrogen-bond acceptors (Lipinski definition) is 5. The summed E-state index contributed by atoms with van der Waals surface area (Å²) >= 11 is 3.39.